The largest absolute Gasteiger partial charge is 0.481 e. The number of benzene rings is 1. The van der Waals surface area contributed by atoms with Gasteiger partial charge >= 0.3 is 5.97 Å². The second-order valence-electron chi connectivity index (χ2n) is 5.19. The van der Waals surface area contributed by atoms with Gasteiger partial charge in [-0.25, -0.2) is 13.1 Å². The highest BCUT2D eigenvalue weighted by atomic mass is 79.9. The fourth-order valence-corrected chi connectivity index (χ4v) is 5.39. The number of hydrogen-bond acceptors (Lipinski definition) is 3. The van der Waals surface area contributed by atoms with E-state index in [1.807, 2.05) is 0 Å². The highest BCUT2D eigenvalue weighted by Gasteiger charge is 2.42. The Labute approximate surface area is 140 Å². The standard InChI is InChI=1S/C13H15Br2NO4S/c14-9-3-4-11(10(15)7-9)21(19,20)16-8-13(12(17)18)5-1-2-6-13/h3-4,7,16H,1-2,5-6,8H2,(H,17,18). The Morgan fingerprint density at radius 1 is 1.29 bits per heavy atom. The molecular formula is C13H15Br2NO4S. The van der Waals surface area contributed by atoms with Gasteiger partial charge in [0.05, 0.1) is 10.3 Å². The van der Waals surface area contributed by atoms with E-state index in [0.29, 0.717) is 17.3 Å². The summed E-state index contributed by atoms with van der Waals surface area (Å²) in [5.41, 5.74) is -0.977. The van der Waals surface area contributed by atoms with Crippen LogP contribution in [-0.2, 0) is 14.8 Å². The Morgan fingerprint density at radius 2 is 1.90 bits per heavy atom. The van der Waals surface area contributed by atoms with Crippen LogP contribution in [0.2, 0.25) is 0 Å². The number of nitrogens with one attached hydrogen (secondary N) is 1. The van der Waals surface area contributed by atoms with E-state index in [4.69, 9.17) is 0 Å². The van der Waals surface area contributed by atoms with E-state index < -0.39 is 21.4 Å². The Kier molecular flexibility index (Phi) is 5.12. The molecule has 2 rings (SSSR count). The van der Waals surface area contributed by atoms with Crippen LogP contribution in [0.5, 0.6) is 0 Å². The number of rotatable bonds is 5. The Balaban J connectivity index is 2.20. The summed E-state index contributed by atoms with van der Waals surface area (Å²) in [6.45, 7) is -0.0762. The Hall–Kier alpha value is -0.440. The summed E-state index contributed by atoms with van der Waals surface area (Å²) in [6, 6.07) is 4.73. The highest BCUT2D eigenvalue weighted by molar-refractivity contribution is 9.11. The van der Waals surface area contributed by atoms with Gasteiger partial charge in [-0.1, -0.05) is 28.8 Å². The number of carboxylic acid groups (broad SMARTS) is 1. The van der Waals surface area contributed by atoms with Crippen molar-refractivity contribution in [2.45, 2.75) is 30.6 Å². The fourth-order valence-electron chi connectivity index (χ4n) is 2.52. The molecule has 1 aromatic rings. The quantitative estimate of drug-likeness (QED) is 0.736. The minimum absolute atomic E-state index is 0.0762. The lowest BCUT2D eigenvalue weighted by Gasteiger charge is -2.24. The molecule has 0 saturated heterocycles. The van der Waals surface area contributed by atoms with Gasteiger partial charge in [-0.15, -0.1) is 0 Å². The van der Waals surface area contributed by atoms with Crippen molar-refractivity contribution in [2.24, 2.45) is 5.41 Å². The van der Waals surface area contributed by atoms with Crippen LogP contribution in [0.15, 0.2) is 32.0 Å². The summed E-state index contributed by atoms with van der Waals surface area (Å²) in [6.07, 6.45) is 2.64. The van der Waals surface area contributed by atoms with Crippen molar-refractivity contribution >= 4 is 47.9 Å². The number of sulfonamides is 1. The van der Waals surface area contributed by atoms with Crippen molar-refractivity contribution in [3.05, 3.63) is 27.1 Å². The van der Waals surface area contributed by atoms with Gasteiger partial charge in [0, 0.05) is 15.5 Å². The van der Waals surface area contributed by atoms with Crippen molar-refractivity contribution < 1.29 is 18.3 Å². The summed E-state index contributed by atoms with van der Waals surface area (Å²) >= 11 is 6.47. The Bertz CT molecular complexity index is 654. The van der Waals surface area contributed by atoms with E-state index in [1.54, 1.807) is 12.1 Å². The predicted molar refractivity (Wildman–Crippen MR) is 85.6 cm³/mol. The molecule has 0 spiro atoms. The van der Waals surface area contributed by atoms with Crippen LogP contribution in [-0.4, -0.2) is 26.0 Å². The van der Waals surface area contributed by atoms with Gasteiger partial charge in [0.25, 0.3) is 0 Å². The van der Waals surface area contributed by atoms with Gasteiger partial charge in [0.15, 0.2) is 0 Å². The molecule has 0 bridgehead atoms. The van der Waals surface area contributed by atoms with Gasteiger partial charge in [0.1, 0.15) is 0 Å². The van der Waals surface area contributed by atoms with E-state index in [2.05, 4.69) is 36.6 Å². The molecule has 5 nitrogen and oxygen atoms in total. The maximum atomic E-state index is 12.3. The molecule has 1 aromatic carbocycles. The molecule has 0 atom stereocenters. The van der Waals surface area contributed by atoms with Gasteiger partial charge in [-0.05, 0) is 47.0 Å². The monoisotopic (exact) mass is 439 g/mol. The number of aliphatic carboxylic acids is 1. The van der Waals surface area contributed by atoms with Crippen LogP contribution in [0.3, 0.4) is 0 Å². The van der Waals surface area contributed by atoms with Crippen LogP contribution in [0.4, 0.5) is 0 Å². The lowest BCUT2D eigenvalue weighted by atomic mass is 9.87. The molecule has 0 amide bonds. The smallest absolute Gasteiger partial charge is 0.310 e. The van der Waals surface area contributed by atoms with Crippen molar-refractivity contribution in [3.63, 3.8) is 0 Å². The van der Waals surface area contributed by atoms with Crippen LogP contribution in [0, 0.1) is 5.41 Å². The van der Waals surface area contributed by atoms with E-state index in [0.717, 1.165) is 17.3 Å². The van der Waals surface area contributed by atoms with Crippen molar-refractivity contribution in [1.82, 2.24) is 4.72 Å². The first-order valence-corrected chi connectivity index (χ1v) is 9.52. The second-order valence-corrected chi connectivity index (χ2v) is 8.70. The second kappa shape index (κ2) is 6.36. The SMILES string of the molecule is O=C(O)C1(CNS(=O)(=O)c2ccc(Br)cc2Br)CCCC1. The summed E-state index contributed by atoms with van der Waals surface area (Å²) in [4.78, 5) is 11.5. The van der Waals surface area contributed by atoms with Crippen molar-refractivity contribution in [2.75, 3.05) is 6.54 Å². The summed E-state index contributed by atoms with van der Waals surface area (Å²) < 4.78 is 28.3. The first-order valence-electron chi connectivity index (χ1n) is 6.45. The van der Waals surface area contributed by atoms with Crippen LogP contribution in [0.25, 0.3) is 0 Å². The van der Waals surface area contributed by atoms with E-state index >= 15 is 0 Å². The minimum Gasteiger partial charge on any atom is -0.481 e. The molecule has 0 heterocycles. The first-order chi connectivity index (χ1) is 9.77. The van der Waals surface area contributed by atoms with Crippen molar-refractivity contribution in [3.8, 4) is 0 Å². The van der Waals surface area contributed by atoms with Crippen LogP contribution < -0.4 is 4.72 Å². The highest BCUT2D eigenvalue weighted by Crippen LogP contribution is 2.38. The third-order valence-electron chi connectivity index (χ3n) is 3.80. The zero-order chi connectivity index (χ0) is 15.7. The molecule has 0 radical (unpaired) electrons. The number of hydrogen-bond donors (Lipinski definition) is 2. The molecule has 21 heavy (non-hydrogen) atoms. The maximum absolute atomic E-state index is 12.3. The molecule has 1 aliphatic rings. The molecule has 0 aromatic heterocycles. The topological polar surface area (TPSA) is 83.5 Å². The number of halogens is 2. The predicted octanol–water partition coefficient (Wildman–Crippen LogP) is 3.13. The van der Waals surface area contributed by atoms with Gasteiger partial charge < -0.3 is 5.11 Å². The van der Waals surface area contributed by atoms with E-state index in [9.17, 15) is 18.3 Å². The molecule has 0 aliphatic heterocycles. The Morgan fingerprint density at radius 3 is 2.43 bits per heavy atom. The van der Waals surface area contributed by atoms with E-state index in [1.165, 1.54) is 6.07 Å². The minimum atomic E-state index is -3.75. The van der Waals surface area contributed by atoms with Gasteiger partial charge in [0.2, 0.25) is 10.0 Å². The molecule has 1 aliphatic carbocycles. The summed E-state index contributed by atoms with van der Waals surface area (Å²) in [5, 5.41) is 9.37. The molecular weight excluding hydrogens is 426 g/mol. The average Bonchev–Trinajstić information content (AvgIpc) is 2.86. The molecule has 116 valence electrons. The lowest BCUT2D eigenvalue weighted by Crippen LogP contribution is -2.41. The first kappa shape index (κ1) is 16.9. The zero-order valence-corrected chi connectivity index (χ0v) is 15.1. The van der Waals surface area contributed by atoms with Gasteiger partial charge in [-0.3, -0.25) is 4.79 Å². The lowest BCUT2D eigenvalue weighted by molar-refractivity contribution is -0.148. The number of carboxylic acids is 1. The maximum Gasteiger partial charge on any atom is 0.310 e. The average molecular weight is 441 g/mol. The summed E-state index contributed by atoms with van der Waals surface area (Å²) in [7, 11) is -3.75. The molecule has 1 saturated carbocycles. The zero-order valence-electron chi connectivity index (χ0n) is 11.1. The molecule has 8 heteroatoms. The van der Waals surface area contributed by atoms with Crippen LogP contribution in [0.1, 0.15) is 25.7 Å². The summed E-state index contributed by atoms with van der Waals surface area (Å²) in [5.74, 6) is -0.933. The van der Waals surface area contributed by atoms with Gasteiger partial charge in [-0.2, -0.15) is 0 Å². The molecule has 1 fully saturated rings. The van der Waals surface area contributed by atoms with E-state index in [-0.39, 0.29) is 11.4 Å². The normalized spacial score (nSPS) is 17.8. The van der Waals surface area contributed by atoms with Crippen molar-refractivity contribution in [1.29, 1.82) is 0 Å². The third kappa shape index (κ3) is 3.67. The molecule has 2 N–H and O–H groups in total. The molecule has 0 unspecified atom stereocenters. The van der Waals surface area contributed by atoms with Crippen LogP contribution >= 0.6 is 31.9 Å². The number of carbonyl (C=O) groups is 1. The third-order valence-corrected chi connectivity index (χ3v) is 6.67. The fraction of sp³-hybridized carbons (Fsp3) is 0.462.